The summed E-state index contributed by atoms with van der Waals surface area (Å²) in [5.41, 5.74) is 0. The maximum atomic E-state index is 11.5. The highest BCUT2D eigenvalue weighted by atomic mass is 16.6. The largest absolute Gasteiger partial charge is 0.463 e. The lowest BCUT2D eigenvalue weighted by Gasteiger charge is -2.10. The van der Waals surface area contributed by atoms with E-state index in [-0.39, 0.29) is 18.0 Å². The first-order valence-electron chi connectivity index (χ1n) is 6.02. The molecule has 88 valence electrons. The quantitative estimate of drug-likeness (QED) is 0.354. The second-order valence-electron chi connectivity index (χ2n) is 4.34. The summed E-state index contributed by atoms with van der Waals surface area (Å²) < 4.78 is 10.1. The number of hydrogen-bond acceptors (Lipinski definition) is 3. The number of ether oxygens (including phenoxy) is 2. The van der Waals surface area contributed by atoms with Crippen LogP contribution in [-0.2, 0) is 14.3 Å². The van der Waals surface area contributed by atoms with Crippen LogP contribution in [0.3, 0.4) is 0 Å². The van der Waals surface area contributed by atoms with E-state index < -0.39 is 0 Å². The van der Waals surface area contributed by atoms with E-state index in [4.69, 9.17) is 9.47 Å². The fourth-order valence-corrected chi connectivity index (χ4v) is 1.48. The minimum atomic E-state index is -0.0676. The van der Waals surface area contributed by atoms with Crippen LogP contribution in [0, 0.1) is 5.92 Å². The first-order valence-corrected chi connectivity index (χ1v) is 6.02. The molecule has 0 bridgehead atoms. The molecule has 0 spiro atoms. The minimum Gasteiger partial charge on any atom is -0.463 e. The summed E-state index contributed by atoms with van der Waals surface area (Å²) in [4.78, 5) is 11.5. The van der Waals surface area contributed by atoms with Gasteiger partial charge in [-0.05, 0) is 6.42 Å². The first-order chi connectivity index (χ1) is 7.24. The molecule has 15 heavy (non-hydrogen) atoms. The molecule has 3 nitrogen and oxygen atoms in total. The van der Waals surface area contributed by atoms with Gasteiger partial charge in [0, 0.05) is 0 Å². The standard InChI is InChI=1S/C12H22O3/c1-3-4-5-6-7-10(2)12(13)15-9-11-8-14-11/h10-11H,3-9H2,1-2H3. The van der Waals surface area contributed by atoms with Gasteiger partial charge in [0.15, 0.2) is 0 Å². The summed E-state index contributed by atoms with van der Waals surface area (Å²) in [5.74, 6) is -0.0254. The molecular weight excluding hydrogens is 192 g/mol. The monoisotopic (exact) mass is 214 g/mol. The Hall–Kier alpha value is -0.570. The zero-order chi connectivity index (χ0) is 11.1. The topological polar surface area (TPSA) is 38.8 Å². The molecule has 1 saturated heterocycles. The Bertz CT molecular complexity index is 187. The van der Waals surface area contributed by atoms with Gasteiger partial charge in [0.2, 0.25) is 0 Å². The van der Waals surface area contributed by atoms with Gasteiger partial charge in [-0.25, -0.2) is 0 Å². The van der Waals surface area contributed by atoms with Crippen molar-refractivity contribution in [3.8, 4) is 0 Å². The molecule has 0 aromatic carbocycles. The molecular formula is C12H22O3. The average Bonchev–Trinajstić information content (AvgIpc) is 3.04. The van der Waals surface area contributed by atoms with Gasteiger partial charge in [0.1, 0.15) is 12.7 Å². The molecule has 0 aromatic heterocycles. The third-order valence-corrected chi connectivity index (χ3v) is 2.71. The average molecular weight is 214 g/mol. The Morgan fingerprint density at radius 3 is 2.80 bits per heavy atom. The van der Waals surface area contributed by atoms with Gasteiger partial charge in [0.05, 0.1) is 12.5 Å². The lowest BCUT2D eigenvalue weighted by molar-refractivity contribution is -0.148. The van der Waals surface area contributed by atoms with Crippen molar-refractivity contribution in [1.82, 2.24) is 0 Å². The number of epoxide rings is 1. The Kier molecular flexibility index (Phi) is 5.69. The van der Waals surface area contributed by atoms with E-state index >= 15 is 0 Å². The maximum absolute atomic E-state index is 11.5. The number of carbonyl (C=O) groups excluding carboxylic acids is 1. The predicted octanol–water partition coefficient (Wildman–Crippen LogP) is 2.53. The van der Waals surface area contributed by atoms with Gasteiger partial charge < -0.3 is 9.47 Å². The van der Waals surface area contributed by atoms with Crippen LogP contribution in [0.1, 0.15) is 46.0 Å². The summed E-state index contributed by atoms with van der Waals surface area (Å²) in [7, 11) is 0. The van der Waals surface area contributed by atoms with Gasteiger partial charge >= 0.3 is 5.97 Å². The zero-order valence-electron chi connectivity index (χ0n) is 9.83. The van der Waals surface area contributed by atoms with Crippen molar-refractivity contribution in [2.75, 3.05) is 13.2 Å². The SMILES string of the molecule is CCCCCCC(C)C(=O)OCC1CO1. The van der Waals surface area contributed by atoms with E-state index in [1.807, 2.05) is 6.92 Å². The highest BCUT2D eigenvalue weighted by Crippen LogP contribution is 2.14. The number of hydrogen-bond donors (Lipinski definition) is 0. The highest BCUT2D eigenvalue weighted by Gasteiger charge is 2.25. The Morgan fingerprint density at radius 1 is 1.47 bits per heavy atom. The van der Waals surface area contributed by atoms with Crippen LogP contribution < -0.4 is 0 Å². The van der Waals surface area contributed by atoms with Crippen molar-refractivity contribution in [2.24, 2.45) is 5.92 Å². The molecule has 1 aliphatic rings. The molecule has 0 N–H and O–H groups in total. The third kappa shape index (κ3) is 5.78. The molecule has 0 saturated carbocycles. The highest BCUT2D eigenvalue weighted by molar-refractivity contribution is 5.71. The molecule has 0 aliphatic carbocycles. The van der Waals surface area contributed by atoms with Gasteiger partial charge in [-0.3, -0.25) is 4.79 Å². The van der Waals surface area contributed by atoms with Crippen molar-refractivity contribution in [2.45, 2.75) is 52.1 Å². The Balaban J connectivity index is 1.98. The van der Waals surface area contributed by atoms with Gasteiger partial charge in [-0.15, -0.1) is 0 Å². The number of unbranched alkanes of at least 4 members (excludes halogenated alkanes) is 3. The smallest absolute Gasteiger partial charge is 0.308 e. The van der Waals surface area contributed by atoms with Crippen molar-refractivity contribution in [3.05, 3.63) is 0 Å². The lowest BCUT2D eigenvalue weighted by atomic mass is 10.0. The summed E-state index contributed by atoms with van der Waals surface area (Å²) in [6, 6.07) is 0. The van der Waals surface area contributed by atoms with Crippen LogP contribution in [0.25, 0.3) is 0 Å². The summed E-state index contributed by atoms with van der Waals surface area (Å²) >= 11 is 0. The molecule has 1 heterocycles. The van der Waals surface area contributed by atoms with Crippen LogP contribution in [0.4, 0.5) is 0 Å². The molecule has 1 aliphatic heterocycles. The summed E-state index contributed by atoms with van der Waals surface area (Å²) in [6.45, 7) is 5.33. The van der Waals surface area contributed by atoms with E-state index in [1.165, 1.54) is 19.3 Å². The zero-order valence-corrected chi connectivity index (χ0v) is 9.83. The van der Waals surface area contributed by atoms with Crippen LogP contribution in [0.2, 0.25) is 0 Å². The van der Waals surface area contributed by atoms with E-state index in [2.05, 4.69) is 6.92 Å². The van der Waals surface area contributed by atoms with Crippen molar-refractivity contribution in [1.29, 1.82) is 0 Å². The number of carbonyl (C=O) groups is 1. The van der Waals surface area contributed by atoms with Crippen molar-refractivity contribution < 1.29 is 14.3 Å². The van der Waals surface area contributed by atoms with E-state index in [9.17, 15) is 4.79 Å². The predicted molar refractivity (Wildman–Crippen MR) is 58.6 cm³/mol. The molecule has 1 fully saturated rings. The molecule has 0 aromatic rings. The summed E-state index contributed by atoms with van der Waals surface area (Å²) in [6.07, 6.45) is 5.98. The Labute approximate surface area is 92.1 Å². The maximum Gasteiger partial charge on any atom is 0.308 e. The molecule has 2 atom stereocenters. The minimum absolute atomic E-state index is 0.0422. The van der Waals surface area contributed by atoms with Crippen LogP contribution in [0.15, 0.2) is 0 Å². The van der Waals surface area contributed by atoms with E-state index in [0.29, 0.717) is 6.61 Å². The fourth-order valence-electron chi connectivity index (χ4n) is 1.48. The van der Waals surface area contributed by atoms with Crippen molar-refractivity contribution in [3.63, 3.8) is 0 Å². The van der Waals surface area contributed by atoms with Crippen molar-refractivity contribution >= 4 is 5.97 Å². The van der Waals surface area contributed by atoms with E-state index in [1.54, 1.807) is 0 Å². The lowest BCUT2D eigenvalue weighted by Crippen LogP contribution is -2.17. The molecule has 0 radical (unpaired) electrons. The molecule has 2 unspecified atom stereocenters. The summed E-state index contributed by atoms with van der Waals surface area (Å²) in [5, 5.41) is 0. The molecule has 3 heteroatoms. The molecule has 1 rings (SSSR count). The third-order valence-electron chi connectivity index (χ3n) is 2.71. The van der Waals surface area contributed by atoms with Gasteiger partial charge in [-0.1, -0.05) is 39.5 Å². The Morgan fingerprint density at radius 2 is 2.20 bits per heavy atom. The number of esters is 1. The van der Waals surface area contributed by atoms with Gasteiger partial charge in [0.25, 0.3) is 0 Å². The second-order valence-corrected chi connectivity index (χ2v) is 4.34. The van der Waals surface area contributed by atoms with Crippen LogP contribution in [-0.4, -0.2) is 25.3 Å². The van der Waals surface area contributed by atoms with Crippen LogP contribution in [0.5, 0.6) is 0 Å². The van der Waals surface area contributed by atoms with Gasteiger partial charge in [-0.2, -0.15) is 0 Å². The molecule has 0 amide bonds. The second kappa shape index (κ2) is 6.83. The normalized spacial score (nSPS) is 21.1. The van der Waals surface area contributed by atoms with E-state index in [0.717, 1.165) is 19.4 Å². The van der Waals surface area contributed by atoms with Crippen LogP contribution >= 0.6 is 0 Å². The fraction of sp³-hybridized carbons (Fsp3) is 0.917. The number of rotatable bonds is 8. The first kappa shape index (κ1) is 12.5.